The number of para-hydroxylation sites is 1. The fraction of sp³-hybridized carbons (Fsp3) is 0.455. The number of pyridine rings is 1. The molecular weight excluding hydrogens is 400 g/mol. The summed E-state index contributed by atoms with van der Waals surface area (Å²) in [5.74, 6) is 0.229. The Bertz CT molecular complexity index is 1070. The van der Waals surface area contributed by atoms with Crippen LogP contribution < -0.4 is 5.32 Å². The number of sulfonamides is 1. The van der Waals surface area contributed by atoms with Crippen molar-refractivity contribution >= 4 is 26.8 Å². The van der Waals surface area contributed by atoms with Crippen molar-refractivity contribution in [2.75, 3.05) is 19.6 Å². The second kappa shape index (κ2) is 7.76. The molecule has 1 amide bonds. The van der Waals surface area contributed by atoms with Crippen molar-refractivity contribution in [1.29, 1.82) is 0 Å². The van der Waals surface area contributed by atoms with Gasteiger partial charge in [0.05, 0.1) is 17.2 Å². The van der Waals surface area contributed by atoms with Gasteiger partial charge in [0.15, 0.2) is 0 Å². The molecule has 4 rings (SSSR count). The first-order valence-electron chi connectivity index (χ1n) is 10.3. The molecule has 2 aliphatic rings. The second-order valence-electron chi connectivity index (χ2n) is 8.37. The Morgan fingerprint density at radius 2 is 1.97 bits per heavy atom. The molecule has 2 saturated heterocycles. The van der Waals surface area contributed by atoms with Crippen LogP contribution in [0.1, 0.15) is 26.7 Å². The highest BCUT2D eigenvalue weighted by Gasteiger charge is 2.52. The number of nitrogens with one attached hydrogen (secondary N) is 1. The zero-order valence-corrected chi connectivity index (χ0v) is 18.2. The number of hydrogen-bond donors (Lipinski definition) is 1. The van der Waals surface area contributed by atoms with Crippen LogP contribution in [0.2, 0.25) is 0 Å². The summed E-state index contributed by atoms with van der Waals surface area (Å²) in [6.45, 7) is 8.97. The molecule has 3 heterocycles. The van der Waals surface area contributed by atoms with Crippen molar-refractivity contribution in [3.05, 3.63) is 49.2 Å². The van der Waals surface area contributed by atoms with Crippen LogP contribution in [0.25, 0.3) is 10.9 Å². The van der Waals surface area contributed by atoms with Gasteiger partial charge in [-0.05, 0) is 30.9 Å². The summed E-state index contributed by atoms with van der Waals surface area (Å²) in [5.41, 5.74) is -0.0360. The maximum atomic E-state index is 13.4. The Balaban J connectivity index is 1.61. The topological polar surface area (TPSA) is 82.6 Å². The van der Waals surface area contributed by atoms with Gasteiger partial charge in [0.1, 0.15) is 4.90 Å². The molecule has 2 aromatic rings. The summed E-state index contributed by atoms with van der Waals surface area (Å²) in [6.07, 6.45) is 4.41. The first-order valence-corrected chi connectivity index (χ1v) is 11.8. The molecule has 30 heavy (non-hydrogen) atoms. The van der Waals surface area contributed by atoms with Crippen molar-refractivity contribution in [2.45, 2.75) is 43.3 Å². The van der Waals surface area contributed by atoms with Gasteiger partial charge in [-0.25, -0.2) is 8.42 Å². The highest BCUT2D eigenvalue weighted by atomic mass is 32.2. The Morgan fingerprint density at radius 1 is 1.27 bits per heavy atom. The molecule has 0 aliphatic carbocycles. The molecule has 7 nitrogen and oxygen atoms in total. The lowest BCUT2D eigenvalue weighted by atomic mass is 9.97. The molecule has 0 radical (unpaired) electrons. The lowest BCUT2D eigenvalue weighted by Gasteiger charge is -2.44. The number of amides is 1. The van der Waals surface area contributed by atoms with Crippen LogP contribution in [-0.4, -0.2) is 59.9 Å². The molecule has 1 N–H and O–H groups in total. The fourth-order valence-corrected chi connectivity index (χ4v) is 6.19. The normalized spacial score (nSPS) is 22.3. The van der Waals surface area contributed by atoms with Crippen molar-refractivity contribution < 1.29 is 13.2 Å². The number of rotatable bonds is 5. The number of fused-ring (bicyclic) bond motifs is 1. The molecular formula is C22H28N4O3S. The van der Waals surface area contributed by atoms with Crippen LogP contribution in [0, 0.1) is 5.92 Å². The number of hydrogen-bond acceptors (Lipinski definition) is 5. The van der Waals surface area contributed by atoms with Gasteiger partial charge in [-0.15, -0.1) is 6.58 Å². The fourth-order valence-electron chi connectivity index (χ4n) is 4.59. The van der Waals surface area contributed by atoms with Crippen molar-refractivity contribution in [1.82, 2.24) is 19.5 Å². The third-order valence-electron chi connectivity index (χ3n) is 6.21. The minimum Gasteiger partial charge on any atom is -0.319 e. The predicted molar refractivity (Wildman–Crippen MR) is 116 cm³/mol. The first kappa shape index (κ1) is 21.0. The molecule has 1 aromatic carbocycles. The van der Waals surface area contributed by atoms with Gasteiger partial charge >= 0.3 is 0 Å². The molecule has 160 valence electrons. The minimum absolute atomic E-state index is 0.0689. The molecule has 1 spiro atoms. The summed E-state index contributed by atoms with van der Waals surface area (Å²) in [6, 6.07) is 8.63. The molecule has 0 unspecified atom stereocenters. The standard InChI is InChI=1S/C22H28N4O3S/c1-4-13-26-21(27)19(16(2)3)24-22(26)10-14-25(15-11-22)30(28,29)18-9-5-7-17-8-6-12-23-20(17)18/h4-9,12,16,19,24H,1,10-11,13-15H2,2-3H3/t19-/m0/s1. The van der Waals surface area contributed by atoms with E-state index in [0.717, 1.165) is 5.39 Å². The minimum atomic E-state index is -3.69. The summed E-state index contributed by atoms with van der Waals surface area (Å²) in [4.78, 5) is 19.3. The van der Waals surface area contributed by atoms with E-state index in [1.807, 2.05) is 30.9 Å². The molecule has 2 aliphatic heterocycles. The Hall–Kier alpha value is -2.29. The van der Waals surface area contributed by atoms with Gasteiger partial charge in [-0.3, -0.25) is 15.1 Å². The Morgan fingerprint density at radius 3 is 2.63 bits per heavy atom. The van der Waals surface area contributed by atoms with E-state index in [0.29, 0.717) is 38.0 Å². The zero-order chi connectivity index (χ0) is 21.5. The van der Waals surface area contributed by atoms with Crippen LogP contribution in [0.5, 0.6) is 0 Å². The van der Waals surface area contributed by atoms with Gasteiger partial charge < -0.3 is 4.90 Å². The van der Waals surface area contributed by atoms with E-state index in [1.54, 1.807) is 30.5 Å². The van der Waals surface area contributed by atoms with Gasteiger partial charge in [0.2, 0.25) is 15.9 Å². The van der Waals surface area contributed by atoms with E-state index in [-0.39, 0.29) is 22.8 Å². The van der Waals surface area contributed by atoms with E-state index < -0.39 is 15.7 Å². The van der Waals surface area contributed by atoms with E-state index in [4.69, 9.17) is 0 Å². The Labute approximate surface area is 177 Å². The van der Waals surface area contributed by atoms with Crippen molar-refractivity contribution in [3.63, 3.8) is 0 Å². The summed E-state index contributed by atoms with van der Waals surface area (Å²) < 4.78 is 28.4. The average molecular weight is 429 g/mol. The average Bonchev–Trinajstić information content (AvgIpc) is 3.00. The van der Waals surface area contributed by atoms with Crippen LogP contribution >= 0.6 is 0 Å². The van der Waals surface area contributed by atoms with Crippen LogP contribution in [0.15, 0.2) is 54.1 Å². The van der Waals surface area contributed by atoms with E-state index in [2.05, 4.69) is 16.9 Å². The van der Waals surface area contributed by atoms with E-state index in [1.165, 1.54) is 4.31 Å². The predicted octanol–water partition coefficient (Wildman–Crippen LogP) is 2.36. The molecule has 1 atom stereocenters. The third-order valence-corrected chi connectivity index (χ3v) is 8.14. The largest absolute Gasteiger partial charge is 0.319 e. The smallest absolute Gasteiger partial charge is 0.245 e. The van der Waals surface area contributed by atoms with Gasteiger partial charge in [0, 0.05) is 31.2 Å². The number of piperidine rings is 1. The third kappa shape index (κ3) is 3.33. The maximum Gasteiger partial charge on any atom is 0.245 e. The number of benzene rings is 1. The summed E-state index contributed by atoms with van der Waals surface area (Å²) in [7, 11) is -3.69. The van der Waals surface area contributed by atoms with Crippen LogP contribution in [0.3, 0.4) is 0 Å². The van der Waals surface area contributed by atoms with Gasteiger partial charge in [-0.2, -0.15) is 4.31 Å². The van der Waals surface area contributed by atoms with E-state index in [9.17, 15) is 13.2 Å². The monoisotopic (exact) mass is 428 g/mol. The van der Waals surface area contributed by atoms with Crippen LogP contribution in [-0.2, 0) is 14.8 Å². The number of carbonyl (C=O) groups excluding carboxylic acids is 1. The molecule has 8 heteroatoms. The Kier molecular flexibility index (Phi) is 5.42. The highest BCUT2D eigenvalue weighted by molar-refractivity contribution is 7.89. The number of aromatic nitrogens is 1. The van der Waals surface area contributed by atoms with E-state index >= 15 is 0 Å². The van der Waals surface area contributed by atoms with Crippen molar-refractivity contribution in [3.8, 4) is 0 Å². The molecule has 2 fully saturated rings. The maximum absolute atomic E-state index is 13.4. The zero-order valence-electron chi connectivity index (χ0n) is 17.4. The van der Waals surface area contributed by atoms with Crippen molar-refractivity contribution in [2.24, 2.45) is 5.92 Å². The van der Waals surface area contributed by atoms with Gasteiger partial charge in [0.25, 0.3) is 0 Å². The lowest BCUT2D eigenvalue weighted by Crippen LogP contribution is -2.59. The number of carbonyl (C=O) groups is 1. The second-order valence-corrected chi connectivity index (χ2v) is 10.3. The summed E-state index contributed by atoms with van der Waals surface area (Å²) >= 11 is 0. The molecule has 0 saturated carbocycles. The van der Waals surface area contributed by atoms with Crippen LogP contribution in [0.4, 0.5) is 0 Å². The number of nitrogens with zero attached hydrogens (tertiary/aromatic N) is 3. The highest BCUT2D eigenvalue weighted by Crippen LogP contribution is 2.36. The quantitative estimate of drug-likeness (QED) is 0.740. The molecule has 1 aromatic heterocycles. The lowest BCUT2D eigenvalue weighted by molar-refractivity contribution is -0.133. The first-order chi connectivity index (χ1) is 14.3. The molecule has 0 bridgehead atoms. The van der Waals surface area contributed by atoms with Gasteiger partial charge in [-0.1, -0.05) is 38.1 Å². The SMILES string of the molecule is C=CCN1C(=O)[C@H](C(C)C)NC12CCN(S(=O)(=O)c1cccc3cccnc13)CC2. The summed E-state index contributed by atoms with van der Waals surface area (Å²) in [5, 5.41) is 4.32.